The molecule has 0 aliphatic carbocycles. The number of benzene rings is 1. The fourth-order valence-electron chi connectivity index (χ4n) is 4.76. The molecule has 9 nitrogen and oxygen atoms in total. The molecule has 0 unspecified atom stereocenters. The van der Waals surface area contributed by atoms with Crippen LogP contribution >= 0.6 is 0 Å². The number of aromatic nitrogens is 2. The maximum Gasteiger partial charge on any atom is 0.338 e. The number of esters is 1. The van der Waals surface area contributed by atoms with Crippen molar-refractivity contribution in [1.82, 2.24) is 15.1 Å². The minimum atomic E-state index is -1.04. The lowest BCUT2D eigenvalue weighted by molar-refractivity contribution is 0.0160. The van der Waals surface area contributed by atoms with Crippen molar-refractivity contribution in [2.45, 2.75) is 52.0 Å². The summed E-state index contributed by atoms with van der Waals surface area (Å²) in [5.74, 6) is -1.57. The van der Waals surface area contributed by atoms with Gasteiger partial charge in [0.05, 0.1) is 23.4 Å². The predicted octanol–water partition coefficient (Wildman–Crippen LogP) is 2.86. The number of aromatic carboxylic acids is 1. The lowest BCUT2D eigenvalue weighted by atomic mass is 9.75. The molecule has 0 radical (unpaired) electrons. The van der Waals surface area contributed by atoms with Gasteiger partial charge in [-0.3, -0.25) is 9.48 Å². The van der Waals surface area contributed by atoms with Crippen molar-refractivity contribution in [3.05, 3.63) is 52.3 Å². The molecule has 0 atom stereocenters. The number of rotatable bonds is 8. The number of nitrogens with zero attached hydrogens (tertiary/aromatic N) is 2. The third-order valence-corrected chi connectivity index (χ3v) is 6.79. The maximum atomic E-state index is 12.9. The van der Waals surface area contributed by atoms with E-state index in [0.29, 0.717) is 50.4 Å². The zero-order valence-electron chi connectivity index (χ0n) is 19.5. The molecule has 1 amide bonds. The molecule has 0 bridgehead atoms. The number of fused-ring (bicyclic) bond motifs is 1. The van der Waals surface area contributed by atoms with Gasteiger partial charge in [-0.1, -0.05) is 0 Å². The van der Waals surface area contributed by atoms with Crippen molar-refractivity contribution in [3.63, 3.8) is 0 Å². The standard InChI is InChI=1S/C25H31N3O6/c1-2-28-21-19(15-25(16-26-22(21)29)10-13-33-14-11-25)20(27-28)5-3-4-12-34-24(32)18-8-6-17(7-9-18)23(30)31/h6-9H,2-5,10-16H2,1H3,(H,26,29)(H,30,31). The molecule has 34 heavy (non-hydrogen) atoms. The smallest absolute Gasteiger partial charge is 0.338 e. The van der Waals surface area contributed by atoms with E-state index in [1.165, 1.54) is 24.3 Å². The van der Waals surface area contributed by atoms with Crippen molar-refractivity contribution < 1.29 is 29.0 Å². The van der Waals surface area contributed by atoms with Gasteiger partial charge in [-0.15, -0.1) is 0 Å². The Hall–Kier alpha value is -3.20. The molecular weight excluding hydrogens is 438 g/mol. The Kier molecular flexibility index (Phi) is 7.31. The average Bonchev–Trinajstić information content (AvgIpc) is 3.12. The lowest BCUT2D eigenvalue weighted by Gasteiger charge is -2.36. The van der Waals surface area contributed by atoms with Gasteiger partial charge in [0.15, 0.2) is 0 Å². The van der Waals surface area contributed by atoms with Gasteiger partial charge in [0, 0.05) is 31.9 Å². The van der Waals surface area contributed by atoms with Gasteiger partial charge in [-0.05, 0) is 75.1 Å². The first-order valence-corrected chi connectivity index (χ1v) is 11.9. The zero-order valence-corrected chi connectivity index (χ0v) is 19.5. The highest BCUT2D eigenvalue weighted by molar-refractivity contribution is 5.95. The lowest BCUT2D eigenvalue weighted by Crippen LogP contribution is -2.40. The molecule has 1 fully saturated rings. The van der Waals surface area contributed by atoms with Gasteiger partial charge in [0.2, 0.25) is 0 Å². The third kappa shape index (κ3) is 5.14. The molecule has 2 aliphatic rings. The fraction of sp³-hybridized carbons (Fsp3) is 0.520. The summed E-state index contributed by atoms with van der Waals surface area (Å²) in [6.07, 6.45) is 4.81. The molecule has 4 rings (SSSR count). The van der Waals surface area contributed by atoms with Crippen LogP contribution in [-0.2, 0) is 28.9 Å². The largest absolute Gasteiger partial charge is 0.478 e. The molecule has 2 aliphatic heterocycles. The summed E-state index contributed by atoms with van der Waals surface area (Å²) in [6, 6.07) is 5.68. The van der Waals surface area contributed by atoms with Crippen molar-refractivity contribution in [2.75, 3.05) is 26.4 Å². The van der Waals surface area contributed by atoms with Gasteiger partial charge in [-0.2, -0.15) is 5.10 Å². The summed E-state index contributed by atoms with van der Waals surface area (Å²) < 4.78 is 12.7. The van der Waals surface area contributed by atoms with Crippen LogP contribution in [0.15, 0.2) is 24.3 Å². The second-order valence-electron chi connectivity index (χ2n) is 9.04. The van der Waals surface area contributed by atoms with Crippen LogP contribution in [0.3, 0.4) is 0 Å². The van der Waals surface area contributed by atoms with E-state index in [9.17, 15) is 14.4 Å². The Morgan fingerprint density at radius 2 is 1.88 bits per heavy atom. The first-order chi connectivity index (χ1) is 16.4. The van der Waals surface area contributed by atoms with E-state index < -0.39 is 11.9 Å². The molecule has 3 heterocycles. The Morgan fingerprint density at radius 3 is 2.56 bits per heavy atom. The van der Waals surface area contributed by atoms with Crippen LogP contribution in [0.1, 0.15) is 75.1 Å². The Morgan fingerprint density at radius 1 is 1.18 bits per heavy atom. The molecule has 1 aromatic heterocycles. The van der Waals surface area contributed by atoms with Crippen molar-refractivity contribution in [1.29, 1.82) is 0 Å². The summed E-state index contributed by atoms with van der Waals surface area (Å²) in [5, 5.41) is 16.8. The number of carboxylic acids is 1. The van der Waals surface area contributed by atoms with E-state index >= 15 is 0 Å². The second kappa shape index (κ2) is 10.4. The third-order valence-electron chi connectivity index (χ3n) is 6.79. The number of amides is 1. The summed E-state index contributed by atoms with van der Waals surface area (Å²) in [6.45, 7) is 4.97. The topological polar surface area (TPSA) is 120 Å². The van der Waals surface area contributed by atoms with E-state index in [0.717, 1.165) is 36.9 Å². The fourth-order valence-corrected chi connectivity index (χ4v) is 4.76. The summed E-state index contributed by atoms with van der Waals surface area (Å²) in [4.78, 5) is 36.0. The SMILES string of the molecule is CCn1nc(CCCCOC(=O)c2ccc(C(=O)O)cc2)c2c1C(=O)NCC1(CCOCC1)C2. The molecule has 2 N–H and O–H groups in total. The number of carboxylic acid groups (broad SMARTS) is 1. The monoisotopic (exact) mass is 469 g/mol. The first kappa shape index (κ1) is 23.9. The van der Waals surface area contributed by atoms with Crippen molar-refractivity contribution in [2.24, 2.45) is 5.41 Å². The van der Waals surface area contributed by atoms with E-state index in [1.54, 1.807) is 4.68 Å². The van der Waals surface area contributed by atoms with Crippen molar-refractivity contribution >= 4 is 17.8 Å². The predicted molar refractivity (Wildman–Crippen MR) is 123 cm³/mol. The number of nitrogens with one attached hydrogen (secondary N) is 1. The number of hydrogen-bond donors (Lipinski definition) is 2. The van der Waals surface area contributed by atoms with Crippen molar-refractivity contribution in [3.8, 4) is 0 Å². The Bertz CT molecular complexity index is 1050. The van der Waals surface area contributed by atoms with Crippen LogP contribution in [0.4, 0.5) is 0 Å². The van der Waals surface area contributed by atoms with Crippen LogP contribution in [0.5, 0.6) is 0 Å². The first-order valence-electron chi connectivity index (χ1n) is 11.9. The van der Waals surface area contributed by atoms with Crippen LogP contribution in [0, 0.1) is 5.41 Å². The summed E-state index contributed by atoms with van der Waals surface area (Å²) >= 11 is 0. The second-order valence-corrected chi connectivity index (χ2v) is 9.04. The van der Waals surface area contributed by atoms with Gasteiger partial charge < -0.3 is 19.9 Å². The number of ether oxygens (including phenoxy) is 2. The molecular formula is C25H31N3O6. The van der Waals surface area contributed by atoms with Crippen LogP contribution < -0.4 is 5.32 Å². The highest BCUT2D eigenvalue weighted by atomic mass is 16.5. The van der Waals surface area contributed by atoms with E-state index in [1.807, 2.05) is 6.92 Å². The van der Waals surface area contributed by atoms with Gasteiger partial charge in [0.1, 0.15) is 5.69 Å². The van der Waals surface area contributed by atoms with Gasteiger partial charge in [-0.25, -0.2) is 9.59 Å². The van der Waals surface area contributed by atoms with Crippen LogP contribution in [0.2, 0.25) is 0 Å². The molecule has 1 spiro atoms. The van der Waals surface area contributed by atoms with E-state index in [2.05, 4.69) is 5.32 Å². The van der Waals surface area contributed by atoms with E-state index in [4.69, 9.17) is 19.7 Å². The molecule has 2 aromatic rings. The summed E-state index contributed by atoms with van der Waals surface area (Å²) in [7, 11) is 0. The molecule has 182 valence electrons. The number of unbranched alkanes of at least 4 members (excludes halogenated alkanes) is 1. The number of aryl methyl sites for hydroxylation is 2. The normalized spacial score (nSPS) is 17.0. The van der Waals surface area contributed by atoms with E-state index in [-0.39, 0.29) is 23.5 Å². The van der Waals surface area contributed by atoms with Crippen LogP contribution in [0.25, 0.3) is 0 Å². The maximum absolute atomic E-state index is 12.9. The quantitative estimate of drug-likeness (QED) is 0.451. The number of carbonyl (C=O) groups excluding carboxylic acids is 2. The Labute approximate surface area is 198 Å². The number of hydrogen-bond acceptors (Lipinski definition) is 6. The molecule has 9 heteroatoms. The van der Waals surface area contributed by atoms with Gasteiger partial charge in [0.25, 0.3) is 5.91 Å². The minimum Gasteiger partial charge on any atom is -0.478 e. The number of carbonyl (C=O) groups is 3. The zero-order chi connectivity index (χ0) is 24.1. The van der Waals surface area contributed by atoms with Gasteiger partial charge >= 0.3 is 11.9 Å². The highest BCUT2D eigenvalue weighted by Crippen LogP contribution is 2.37. The molecule has 1 aromatic carbocycles. The molecule has 0 saturated carbocycles. The molecule has 1 saturated heterocycles. The average molecular weight is 470 g/mol. The highest BCUT2D eigenvalue weighted by Gasteiger charge is 2.39. The minimum absolute atomic E-state index is 0.0151. The Balaban J connectivity index is 1.36. The van der Waals surface area contributed by atoms with Crippen LogP contribution in [-0.4, -0.2) is 59.1 Å². The summed E-state index contributed by atoms with van der Waals surface area (Å²) in [5.41, 5.74) is 3.14.